The Morgan fingerprint density at radius 3 is 2.74 bits per heavy atom. The van der Waals surface area contributed by atoms with Gasteiger partial charge in [0.25, 0.3) is 0 Å². The highest BCUT2D eigenvalue weighted by Gasteiger charge is 2.13. The first-order chi connectivity index (χ1) is 13.3. The number of rotatable bonds is 6. The minimum atomic E-state index is 0.680. The zero-order valence-electron chi connectivity index (χ0n) is 15.3. The van der Waals surface area contributed by atoms with Gasteiger partial charge in [0.05, 0.1) is 10.6 Å². The van der Waals surface area contributed by atoms with E-state index in [-0.39, 0.29) is 0 Å². The quantitative estimate of drug-likeness (QED) is 0.547. The summed E-state index contributed by atoms with van der Waals surface area (Å²) in [5, 5.41) is 0. The van der Waals surface area contributed by atoms with Crippen LogP contribution in [-0.2, 0) is 5.75 Å². The van der Waals surface area contributed by atoms with Gasteiger partial charge in [-0.15, -0.1) is 11.8 Å². The zero-order chi connectivity index (χ0) is 18.5. The molecule has 2 aliphatic rings. The molecule has 0 unspecified atom stereocenters. The molecule has 0 N–H and O–H groups in total. The fraction of sp³-hybridized carbons (Fsp3) is 0.333. The van der Waals surface area contributed by atoms with E-state index < -0.39 is 0 Å². The second-order valence-electron chi connectivity index (χ2n) is 6.67. The summed E-state index contributed by atoms with van der Waals surface area (Å²) in [6, 6.07) is 8.41. The van der Waals surface area contributed by atoms with Crippen molar-refractivity contribution in [3.8, 4) is 0 Å². The Balaban J connectivity index is 1.43. The number of thioether (sulfide) groups is 1. The Hall–Kier alpha value is -2.47. The molecule has 0 atom stereocenters. The van der Waals surface area contributed by atoms with Crippen molar-refractivity contribution in [3.05, 3.63) is 47.8 Å². The average molecular weight is 378 g/mol. The van der Waals surface area contributed by atoms with Gasteiger partial charge in [0.15, 0.2) is 5.82 Å². The van der Waals surface area contributed by atoms with Gasteiger partial charge in [-0.2, -0.15) is 0 Å². The molecule has 138 valence electrons. The van der Waals surface area contributed by atoms with E-state index in [0.29, 0.717) is 5.82 Å². The van der Waals surface area contributed by atoms with Crippen LogP contribution in [0, 0.1) is 0 Å². The molecule has 4 rings (SSSR count). The van der Waals surface area contributed by atoms with Crippen LogP contribution in [0.3, 0.4) is 0 Å². The second-order valence-corrected chi connectivity index (χ2v) is 7.68. The van der Waals surface area contributed by atoms with Crippen molar-refractivity contribution in [2.24, 2.45) is 9.98 Å². The number of allylic oxidation sites excluding steroid dienone is 1. The fourth-order valence-corrected chi connectivity index (χ4v) is 4.20. The van der Waals surface area contributed by atoms with E-state index in [1.54, 1.807) is 11.8 Å². The summed E-state index contributed by atoms with van der Waals surface area (Å²) in [6.07, 6.45) is 9.53. The predicted molar refractivity (Wildman–Crippen MR) is 115 cm³/mol. The average Bonchev–Trinajstić information content (AvgIpc) is 3.28. The van der Waals surface area contributed by atoms with Crippen molar-refractivity contribution in [1.82, 2.24) is 9.97 Å². The Labute approximate surface area is 164 Å². The topological polar surface area (TPSA) is 53.7 Å². The first kappa shape index (κ1) is 17.9. The molecule has 0 saturated carbocycles. The van der Waals surface area contributed by atoms with Gasteiger partial charge in [0, 0.05) is 43.4 Å². The van der Waals surface area contributed by atoms with Crippen LogP contribution in [0.2, 0.25) is 0 Å². The van der Waals surface area contributed by atoms with Gasteiger partial charge in [-0.05, 0) is 49.7 Å². The number of aromatic nitrogens is 2. The third-order valence-corrected chi connectivity index (χ3v) is 5.88. The van der Waals surface area contributed by atoms with Gasteiger partial charge in [-0.1, -0.05) is 12.1 Å². The van der Waals surface area contributed by atoms with Crippen molar-refractivity contribution < 1.29 is 0 Å². The standard InChI is InChI=1S/C21H23N5S/c1-22-21-19(8-7-18(25-21)17-5-4-10-23-14-17)27-15-16-6-9-20(24-13-16)26-11-2-3-12-26/h5-9,13-14H,1-4,10-12,15H2. The van der Waals surface area contributed by atoms with Crippen LogP contribution >= 0.6 is 11.8 Å². The molecule has 5 nitrogen and oxygen atoms in total. The van der Waals surface area contributed by atoms with Gasteiger partial charge in [0.1, 0.15) is 5.82 Å². The lowest BCUT2D eigenvalue weighted by molar-refractivity contribution is 0.935. The van der Waals surface area contributed by atoms with E-state index in [9.17, 15) is 0 Å². The molecule has 2 aromatic heterocycles. The summed E-state index contributed by atoms with van der Waals surface area (Å²) in [7, 11) is 0. The van der Waals surface area contributed by atoms with Crippen molar-refractivity contribution >= 4 is 41.9 Å². The molecule has 0 radical (unpaired) electrons. The maximum absolute atomic E-state index is 4.66. The lowest BCUT2D eigenvalue weighted by Crippen LogP contribution is -2.18. The first-order valence-corrected chi connectivity index (χ1v) is 10.3. The summed E-state index contributed by atoms with van der Waals surface area (Å²) < 4.78 is 0. The SMILES string of the molecule is C=Nc1nc(C2=CCCN=C2)ccc1SCc1ccc(N2CCCC2)nc1. The smallest absolute Gasteiger partial charge is 0.165 e. The molecule has 0 aliphatic carbocycles. The van der Waals surface area contributed by atoms with Crippen molar-refractivity contribution in [2.45, 2.75) is 29.9 Å². The summed E-state index contributed by atoms with van der Waals surface area (Å²) in [5.74, 6) is 2.60. The number of anilines is 1. The van der Waals surface area contributed by atoms with Crippen LogP contribution < -0.4 is 4.90 Å². The van der Waals surface area contributed by atoms with Crippen LogP contribution in [0.1, 0.15) is 30.5 Å². The first-order valence-electron chi connectivity index (χ1n) is 9.34. The molecular formula is C21H23N5S. The minimum Gasteiger partial charge on any atom is -0.357 e. The molecule has 1 saturated heterocycles. The Morgan fingerprint density at radius 1 is 1.15 bits per heavy atom. The van der Waals surface area contributed by atoms with Gasteiger partial charge in [0.2, 0.25) is 0 Å². The molecule has 6 heteroatoms. The zero-order valence-corrected chi connectivity index (χ0v) is 16.2. The summed E-state index contributed by atoms with van der Waals surface area (Å²) in [4.78, 5) is 21.1. The van der Waals surface area contributed by atoms with Crippen molar-refractivity contribution in [3.63, 3.8) is 0 Å². The molecule has 0 spiro atoms. The minimum absolute atomic E-state index is 0.680. The van der Waals surface area contributed by atoms with E-state index in [1.165, 1.54) is 18.4 Å². The van der Waals surface area contributed by atoms with Crippen LogP contribution in [-0.4, -0.2) is 42.5 Å². The van der Waals surface area contributed by atoms with E-state index in [1.807, 2.05) is 18.5 Å². The second kappa shape index (κ2) is 8.48. The number of hydrogen-bond acceptors (Lipinski definition) is 6. The molecule has 0 aromatic carbocycles. The van der Waals surface area contributed by atoms with E-state index >= 15 is 0 Å². The predicted octanol–water partition coefficient (Wildman–Crippen LogP) is 4.56. The molecule has 27 heavy (non-hydrogen) atoms. The summed E-state index contributed by atoms with van der Waals surface area (Å²) in [6.45, 7) is 6.79. The van der Waals surface area contributed by atoms with Gasteiger partial charge in [-0.3, -0.25) is 4.99 Å². The Bertz CT molecular complexity index is 867. The third kappa shape index (κ3) is 4.27. The molecule has 2 aliphatic heterocycles. The monoisotopic (exact) mass is 377 g/mol. The van der Waals surface area contributed by atoms with E-state index in [4.69, 9.17) is 0 Å². The number of pyridine rings is 2. The number of hydrogen-bond donors (Lipinski definition) is 0. The van der Waals surface area contributed by atoms with E-state index in [2.05, 4.69) is 55.8 Å². The fourth-order valence-electron chi connectivity index (χ4n) is 3.30. The van der Waals surface area contributed by atoms with Gasteiger partial charge < -0.3 is 4.90 Å². The lowest BCUT2D eigenvalue weighted by atomic mass is 10.1. The highest BCUT2D eigenvalue weighted by atomic mass is 32.2. The molecule has 1 fully saturated rings. The van der Waals surface area contributed by atoms with Crippen molar-refractivity contribution in [1.29, 1.82) is 0 Å². The van der Waals surface area contributed by atoms with Gasteiger partial charge in [-0.25, -0.2) is 15.0 Å². The van der Waals surface area contributed by atoms with E-state index in [0.717, 1.165) is 53.8 Å². The largest absolute Gasteiger partial charge is 0.357 e. The molecule has 2 aromatic rings. The Morgan fingerprint density at radius 2 is 2.04 bits per heavy atom. The molecular weight excluding hydrogens is 354 g/mol. The lowest BCUT2D eigenvalue weighted by Gasteiger charge is -2.16. The highest BCUT2D eigenvalue weighted by Crippen LogP contribution is 2.32. The van der Waals surface area contributed by atoms with Crippen molar-refractivity contribution in [2.75, 3.05) is 24.5 Å². The van der Waals surface area contributed by atoms with Crippen LogP contribution in [0.4, 0.5) is 11.6 Å². The normalized spacial score (nSPS) is 16.4. The number of aliphatic imine (C=N–C) groups is 2. The molecule has 4 heterocycles. The summed E-state index contributed by atoms with van der Waals surface area (Å²) >= 11 is 1.72. The van der Waals surface area contributed by atoms with Crippen LogP contribution in [0.25, 0.3) is 5.57 Å². The highest BCUT2D eigenvalue weighted by molar-refractivity contribution is 7.98. The maximum Gasteiger partial charge on any atom is 0.165 e. The number of dihydropyridines is 1. The van der Waals surface area contributed by atoms with Gasteiger partial charge >= 0.3 is 0 Å². The maximum atomic E-state index is 4.66. The van der Waals surface area contributed by atoms with Crippen LogP contribution in [0.15, 0.2) is 51.4 Å². The summed E-state index contributed by atoms with van der Waals surface area (Å²) in [5.41, 5.74) is 3.16. The molecule has 0 bridgehead atoms. The number of nitrogens with zero attached hydrogens (tertiary/aromatic N) is 5. The van der Waals surface area contributed by atoms with Crippen LogP contribution in [0.5, 0.6) is 0 Å². The third-order valence-electron chi connectivity index (χ3n) is 4.77. The Kier molecular flexibility index (Phi) is 5.63. The molecule has 0 amide bonds.